The van der Waals surface area contributed by atoms with Crippen LogP contribution in [-0.2, 0) is 48.6 Å². The van der Waals surface area contributed by atoms with Crippen molar-refractivity contribution in [3.05, 3.63) is 161 Å². The van der Waals surface area contributed by atoms with E-state index in [9.17, 15) is 18.4 Å². The van der Waals surface area contributed by atoms with Crippen LogP contribution < -0.4 is 21.7 Å². The Morgan fingerprint density at radius 1 is 0.641 bits per heavy atom. The summed E-state index contributed by atoms with van der Waals surface area (Å²) in [5.74, 6) is 0.461. The van der Waals surface area contributed by atoms with Crippen molar-refractivity contribution in [2.45, 2.75) is 39.1 Å². The van der Waals surface area contributed by atoms with Crippen molar-refractivity contribution >= 4 is 64.5 Å². The topological polar surface area (TPSA) is 244 Å². The number of hydrogen-bond acceptors (Lipinski definition) is 16. The molecule has 6 heterocycles. The summed E-state index contributed by atoms with van der Waals surface area (Å²) < 4.78 is 47.5. The van der Waals surface area contributed by atoms with Gasteiger partial charge in [0.1, 0.15) is 37.5 Å². The monoisotopic (exact) mass is 916 g/mol. The van der Waals surface area contributed by atoms with Crippen molar-refractivity contribution in [1.29, 1.82) is 0 Å². The van der Waals surface area contributed by atoms with E-state index in [4.69, 9.17) is 35.6 Å². The number of anilines is 1. The highest BCUT2D eigenvalue weighted by molar-refractivity contribution is 6.33. The Hall–Kier alpha value is -7.42. The minimum Gasteiger partial charge on any atom is -0.445 e. The third-order valence-electron chi connectivity index (χ3n) is 8.36. The van der Waals surface area contributed by atoms with Gasteiger partial charge in [0.25, 0.3) is 11.4 Å². The standard InChI is InChI=1S/C21H19FN6O3.C15H13ClN4O3.C6H7FN2.ClH/c22-15-7-4-9-23-16(15)11-25-19-18-20(27-13-26-19)31-17(28-18)8-10-24-21(29)30-12-14-5-2-1-3-6-14;16-13-12-14(19-9-18-13)23-11(20-12)6-7-17-15(21)22-8-10-4-2-1-3-5-10;7-5-2-1-3-9-6(5)4-8;/h1-7,9,13H,8,10-12H2,(H,24,29)(H,25,26,27);1-5,9H,6-8H2,(H,17,21);1-3H,4,8H2;1H. The van der Waals surface area contributed by atoms with E-state index in [-0.39, 0.29) is 61.9 Å². The Morgan fingerprint density at radius 2 is 1.14 bits per heavy atom. The average Bonchev–Trinajstić information content (AvgIpc) is 3.94. The van der Waals surface area contributed by atoms with Crippen molar-refractivity contribution in [2.24, 2.45) is 5.73 Å². The first kappa shape index (κ1) is 47.6. The van der Waals surface area contributed by atoms with Gasteiger partial charge in [-0.15, -0.1) is 12.4 Å². The lowest BCUT2D eigenvalue weighted by Crippen LogP contribution is -2.26. The van der Waals surface area contributed by atoms with E-state index < -0.39 is 18.0 Å². The minimum atomic E-state index is -0.528. The predicted molar refractivity (Wildman–Crippen MR) is 232 cm³/mol. The van der Waals surface area contributed by atoms with E-state index in [1.54, 1.807) is 0 Å². The molecule has 8 aromatic rings. The van der Waals surface area contributed by atoms with Crippen LogP contribution in [-0.4, -0.2) is 65.1 Å². The summed E-state index contributed by atoms with van der Waals surface area (Å²) >= 11 is 5.89. The van der Waals surface area contributed by atoms with Gasteiger partial charge in [0.2, 0.25) is 0 Å². The number of aromatic nitrogens is 8. The molecule has 2 aromatic carbocycles. The van der Waals surface area contributed by atoms with E-state index in [1.165, 1.54) is 49.3 Å². The lowest BCUT2D eigenvalue weighted by molar-refractivity contribution is 0.139. The molecule has 0 aliphatic carbocycles. The number of oxazole rings is 2. The number of carbonyl (C=O) groups excluding carboxylic acids is 2. The van der Waals surface area contributed by atoms with Gasteiger partial charge in [0.05, 0.1) is 17.9 Å². The number of hydrogen-bond donors (Lipinski definition) is 4. The quantitative estimate of drug-likeness (QED) is 0.0797. The molecule has 18 nitrogen and oxygen atoms in total. The summed E-state index contributed by atoms with van der Waals surface area (Å²) in [6, 6.07) is 24.6. The first-order chi connectivity index (χ1) is 30.7. The number of ether oxygens (including phenoxy) is 2. The third-order valence-corrected chi connectivity index (χ3v) is 8.64. The van der Waals surface area contributed by atoms with Crippen LogP contribution in [0.1, 0.15) is 34.3 Å². The van der Waals surface area contributed by atoms with Crippen LogP contribution in [0.25, 0.3) is 22.5 Å². The first-order valence-electron chi connectivity index (χ1n) is 19.1. The maximum Gasteiger partial charge on any atom is 0.407 e. The molecular weight excluding hydrogens is 877 g/mol. The molecule has 64 heavy (non-hydrogen) atoms. The highest BCUT2D eigenvalue weighted by Crippen LogP contribution is 2.21. The molecular formula is C42H40Cl2F2N12O6. The number of benzene rings is 2. The number of rotatable bonds is 14. The SMILES string of the molecule is Cl.NCc1ncccc1F.O=C(NCCc1nc2c(Cl)ncnc2o1)OCc1ccccc1.O=C(NCCc1nc2c(NCc3ncccc3F)ncnc2o1)OCc1ccccc1. The largest absolute Gasteiger partial charge is 0.445 e. The number of amides is 2. The lowest BCUT2D eigenvalue weighted by Gasteiger charge is -2.06. The molecule has 0 unspecified atom stereocenters. The van der Waals surface area contributed by atoms with E-state index in [1.807, 2.05) is 60.7 Å². The van der Waals surface area contributed by atoms with Crippen LogP contribution in [0.15, 0.2) is 119 Å². The molecule has 0 aliphatic heterocycles. The van der Waals surface area contributed by atoms with Crippen LogP contribution >= 0.6 is 24.0 Å². The fourth-order valence-electron chi connectivity index (χ4n) is 5.29. The van der Waals surface area contributed by atoms with Crippen LogP contribution in [0, 0.1) is 11.6 Å². The molecule has 0 saturated heterocycles. The van der Waals surface area contributed by atoms with Crippen molar-refractivity contribution in [1.82, 2.24) is 50.5 Å². The van der Waals surface area contributed by atoms with Gasteiger partial charge in [-0.2, -0.15) is 9.97 Å². The Kier molecular flexibility index (Phi) is 18.5. The molecule has 0 saturated carbocycles. The molecule has 0 radical (unpaired) electrons. The number of nitrogens with one attached hydrogen (secondary N) is 3. The van der Waals surface area contributed by atoms with Crippen molar-refractivity contribution in [3.8, 4) is 0 Å². The Morgan fingerprint density at radius 3 is 1.64 bits per heavy atom. The number of carbonyl (C=O) groups is 2. The fourth-order valence-corrected chi connectivity index (χ4v) is 5.45. The zero-order valence-electron chi connectivity index (χ0n) is 33.7. The van der Waals surface area contributed by atoms with Crippen molar-refractivity contribution in [3.63, 3.8) is 0 Å². The average molecular weight is 918 g/mol. The fraction of sp³-hybridized carbons (Fsp3) is 0.190. The number of alkyl carbamates (subject to hydrolysis) is 2. The Balaban J connectivity index is 0.000000204. The van der Waals surface area contributed by atoms with E-state index in [0.717, 1.165) is 11.1 Å². The van der Waals surface area contributed by atoms with Crippen molar-refractivity contribution in [2.75, 3.05) is 18.4 Å². The summed E-state index contributed by atoms with van der Waals surface area (Å²) in [6.07, 6.45) is 5.37. The second kappa shape index (κ2) is 24.9. The van der Waals surface area contributed by atoms with Crippen LogP contribution in [0.5, 0.6) is 0 Å². The number of halogens is 4. The molecule has 5 N–H and O–H groups in total. The Bertz CT molecular complexity index is 2700. The minimum absolute atomic E-state index is 0. The summed E-state index contributed by atoms with van der Waals surface area (Å²) in [6.45, 7) is 1.31. The molecule has 0 atom stereocenters. The van der Waals surface area contributed by atoms with Crippen LogP contribution in [0.3, 0.4) is 0 Å². The zero-order chi connectivity index (χ0) is 44.2. The predicted octanol–water partition coefficient (Wildman–Crippen LogP) is 7.07. The molecule has 332 valence electrons. The second-order valence-corrected chi connectivity index (χ2v) is 13.2. The summed E-state index contributed by atoms with van der Waals surface area (Å²) in [5, 5.41) is 8.52. The maximum absolute atomic E-state index is 13.8. The van der Waals surface area contributed by atoms with Crippen LogP contribution in [0.2, 0.25) is 5.15 Å². The number of fused-ring (bicyclic) bond motifs is 2. The van der Waals surface area contributed by atoms with Crippen molar-refractivity contribution < 1.29 is 36.7 Å². The molecule has 0 spiro atoms. The highest BCUT2D eigenvalue weighted by Gasteiger charge is 2.15. The van der Waals surface area contributed by atoms with Crippen LogP contribution in [0.4, 0.5) is 24.2 Å². The van der Waals surface area contributed by atoms with E-state index in [2.05, 4.69) is 55.8 Å². The van der Waals surface area contributed by atoms with E-state index in [0.29, 0.717) is 65.1 Å². The number of nitrogens with two attached hydrogens (primary N) is 1. The first-order valence-corrected chi connectivity index (χ1v) is 19.5. The molecule has 0 aliphatic rings. The normalized spacial score (nSPS) is 10.4. The van der Waals surface area contributed by atoms with Gasteiger partial charge in [0, 0.05) is 44.9 Å². The molecule has 6 aromatic heterocycles. The smallest absolute Gasteiger partial charge is 0.407 e. The van der Waals surface area contributed by atoms with Gasteiger partial charge in [-0.05, 0) is 35.4 Å². The second-order valence-electron chi connectivity index (χ2n) is 12.8. The van der Waals surface area contributed by atoms with Gasteiger partial charge in [-0.1, -0.05) is 72.3 Å². The maximum atomic E-state index is 13.8. The van der Waals surface area contributed by atoms with Gasteiger partial charge >= 0.3 is 12.2 Å². The molecule has 2 amide bonds. The van der Waals surface area contributed by atoms with E-state index >= 15 is 0 Å². The molecule has 0 bridgehead atoms. The lowest BCUT2D eigenvalue weighted by atomic mass is 10.2. The van der Waals surface area contributed by atoms with Gasteiger partial charge in [-0.3, -0.25) is 9.97 Å². The zero-order valence-corrected chi connectivity index (χ0v) is 35.3. The molecule has 0 fully saturated rings. The third kappa shape index (κ3) is 14.6. The number of pyridine rings is 2. The van der Waals surface area contributed by atoms with Gasteiger partial charge < -0.3 is 40.0 Å². The molecule has 22 heteroatoms. The highest BCUT2D eigenvalue weighted by atomic mass is 35.5. The number of nitrogens with zero attached hydrogens (tertiary/aromatic N) is 8. The van der Waals surface area contributed by atoms with Gasteiger partial charge in [0.15, 0.2) is 33.8 Å². The van der Waals surface area contributed by atoms with Gasteiger partial charge in [-0.25, -0.2) is 38.3 Å². The Labute approximate surface area is 374 Å². The summed E-state index contributed by atoms with van der Waals surface area (Å²) in [5.41, 5.74) is 9.00. The summed E-state index contributed by atoms with van der Waals surface area (Å²) in [7, 11) is 0. The summed E-state index contributed by atoms with van der Waals surface area (Å²) in [4.78, 5) is 55.6. The molecule has 8 rings (SSSR count).